The first-order valence-electron chi connectivity index (χ1n) is 6.29. The summed E-state index contributed by atoms with van der Waals surface area (Å²) in [6.07, 6.45) is 2.35. The van der Waals surface area contributed by atoms with Crippen molar-refractivity contribution in [1.29, 1.82) is 0 Å². The molecule has 0 saturated carbocycles. The van der Waals surface area contributed by atoms with Gasteiger partial charge in [-0.15, -0.1) is 0 Å². The van der Waals surface area contributed by atoms with Crippen LogP contribution in [0.25, 0.3) is 0 Å². The molecule has 18 heavy (non-hydrogen) atoms. The van der Waals surface area contributed by atoms with Crippen molar-refractivity contribution in [2.24, 2.45) is 0 Å². The van der Waals surface area contributed by atoms with Crippen LogP contribution in [0.1, 0.15) is 26.5 Å². The van der Waals surface area contributed by atoms with E-state index in [9.17, 15) is 0 Å². The number of aldehydes is 1. The molecule has 0 unspecified atom stereocenters. The SMILES string of the molecule is CC.CC=O.Cc1cc(NC2CN(C)C2)ncn1. The Labute approximate surface area is 110 Å². The Bertz CT molecular complexity index is 338. The molecule has 2 rings (SSSR count). The Hall–Kier alpha value is -1.49. The summed E-state index contributed by atoms with van der Waals surface area (Å²) in [6, 6.07) is 2.53. The molecule has 1 N–H and O–H groups in total. The van der Waals surface area contributed by atoms with Gasteiger partial charge >= 0.3 is 0 Å². The van der Waals surface area contributed by atoms with Crippen LogP contribution in [-0.2, 0) is 4.79 Å². The van der Waals surface area contributed by atoms with Gasteiger partial charge in [0, 0.05) is 24.8 Å². The summed E-state index contributed by atoms with van der Waals surface area (Å²) in [5.41, 5.74) is 1.00. The molecule has 5 heteroatoms. The van der Waals surface area contributed by atoms with Crippen LogP contribution >= 0.6 is 0 Å². The zero-order valence-electron chi connectivity index (χ0n) is 12.0. The highest BCUT2D eigenvalue weighted by atomic mass is 16.1. The van der Waals surface area contributed by atoms with Gasteiger partial charge in [0.25, 0.3) is 0 Å². The van der Waals surface area contributed by atoms with Gasteiger partial charge in [0.05, 0.1) is 6.04 Å². The van der Waals surface area contributed by atoms with Crippen LogP contribution in [0.2, 0.25) is 0 Å². The van der Waals surface area contributed by atoms with Crippen molar-refractivity contribution in [2.45, 2.75) is 33.7 Å². The van der Waals surface area contributed by atoms with Crippen LogP contribution in [0.5, 0.6) is 0 Å². The fourth-order valence-corrected chi connectivity index (χ4v) is 1.53. The molecule has 0 atom stereocenters. The monoisotopic (exact) mass is 252 g/mol. The Balaban J connectivity index is 0.000000509. The Morgan fingerprint density at radius 3 is 2.39 bits per heavy atom. The quantitative estimate of drug-likeness (QED) is 0.813. The summed E-state index contributed by atoms with van der Waals surface area (Å²) in [7, 11) is 2.11. The van der Waals surface area contributed by atoms with E-state index >= 15 is 0 Å². The van der Waals surface area contributed by atoms with E-state index in [1.807, 2.05) is 26.8 Å². The Kier molecular flexibility index (Phi) is 8.74. The maximum Gasteiger partial charge on any atom is 0.129 e. The lowest BCUT2D eigenvalue weighted by Gasteiger charge is -2.36. The summed E-state index contributed by atoms with van der Waals surface area (Å²) < 4.78 is 0. The summed E-state index contributed by atoms with van der Waals surface area (Å²) in [5, 5.41) is 3.36. The minimum absolute atomic E-state index is 0.555. The van der Waals surface area contributed by atoms with Crippen molar-refractivity contribution >= 4 is 12.1 Å². The smallest absolute Gasteiger partial charge is 0.129 e. The molecule has 1 aromatic heterocycles. The van der Waals surface area contributed by atoms with Gasteiger partial charge in [0.15, 0.2) is 0 Å². The molecule has 0 amide bonds. The topological polar surface area (TPSA) is 58.1 Å². The highest BCUT2D eigenvalue weighted by molar-refractivity contribution is 5.44. The molecule has 0 aliphatic carbocycles. The lowest BCUT2D eigenvalue weighted by molar-refractivity contribution is -0.106. The number of nitrogens with one attached hydrogen (secondary N) is 1. The number of aromatic nitrogens is 2. The fraction of sp³-hybridized carbons (Fsp3) is 0.615. The van der Waals surface area contributed by atoms with E-state index in [-0.39, 0.29) is 0 Å². The van der Waals surface area contributed by atoms with E-state index in [1.54, 1.807) is 6.33 Å². The van der Waals surface area contributed by atoms with Crippen molar-refractivity contribution < 1.29 is 4.79 Å². The molecule has 0 bridgehead atoms. The van der Waals surface area contributed by atoms with E-state index in [0.717, 1.165) is 30.9 Å². The molecular weight excluding hydrogens is 228 g/mol. The lowest BCUT2D eigenvalue weighted by Crippen LogP contribution is -2.52. The zero-order valence-corrected chi connectivity index (χ0v) is 12.0. The summed E-state index contributed by atoms with van der Waals surface area (Å²) in [4.78, 5) is 19.3. The third-order valence-corrected chi connectivity index (χ3v) is 2.22. The summed E-state index contributed by atoms with van der Waals surface area (Å²) in [5.74, 6) is 0.936. The molecule has 1 aliphatic heterocycles. The minimum atomic E-state index is 0.555. The largest absolute Gasteiger partial charge is 0.365 e. The maximum atomic E-state index is 8.81. The first-order valence-corrected chi connectivity index (χ1v) is 6.29. The average Bonchev–Trinajstić information content (AvgIpc) is 2.31. The van der Waals surface area contributed by atoms with Crippen LogP contribution in [0.3, 0.4) is 0 Å². The number of carbonyl (C=O) groups is 1. The molecule has 0 radical (unpaired) electrons. The van der Waals surface area contributed by atoms with Gasteiger partial charge in [-0.25, -0.2) is 9.97 Å². The second kappa shape index (κ2) is 9.53. The van der Waals surface area contributed by atoms with Crippen LogP contribution in [-0.4, -0.2) is 47.3 Å². The minimum Gasteiger partial charge on any atom is -0.365 e. The molecule has 102 valence electrons. The Morgan fingerprint density at radius 1 is 1.39 bits per heavy atom. The van der Waals surface area contributed by atoms with Crippen molar-refractivity contribution in [2.75, 3.05) is 25.5 Å². The van der Waals surface area contributed by atoms with Gasteiger partial charge in [0.2, 0.25) is 0 Å². The summed E-state index contributed by atoms with van der Waals surface area (Å²) in [6.45, 7) is 9.62. The maximum absolute atomic E-state index is 8.81. The molecule has 1 aliphatic rings. The highest BCUT2D eigenvalue weighted by Gasteiger charge is 2.22. The standard InChI is InChI=1S/C9H14N4.C2H4O.C2H6/c1-7-3-9(11-6-10-7)12-8-4-13(2)5-8;1-2-3;1-2/h3,6,8H,4-5H2,1-2H3,(H,10,11,12);2H,1H3;1-2H3. The zero-order chi connectivity index (χ0) is 14.0. The molecule has 1 aromatic rings. The molecule has 1 fully saturated rings. The number of likely N-dealkylation sites (tertiary alicyclic amines) is 1. The lowest BCUT2D eigenvalue weighted by atomic mass is 10.1. The van der Waals surface area contributed by atoms with Gasteiger partial charge in [0.1, 0.15) is 18.4 Å². The number of carbonyl (C=O) groups excluding carboxylic acids is 1. The number of likely N-dealkylation sites (N-methyl/N-ethyl adjacent to an activating group) is 1. The molecular formula is C13H24N4O. The third-order valence-electron chi connectivity index (χ3n) is 2.22. The van der Waals surface area contributed by atoms with Crippen molar-refractivity contribution in [3.8, 4) is 0 Å². The first kappa shape index (κ1) is 16.5. The van der Waals surface area contributed by atoms with Gasteiger partial charge in [-0.3, -0.25) is 0 Å². The van der Waals surface area contributed by atoms with E-state index in [1.165, 1.54) is 6.92 Å². The summed E-state index contributed by atoms with van der Waals surface area (Å²) >= 11 is 0. The van der Waals surface area contributed by atoms with Gasteiger partial charge in [-0.1, -0.05) is 13.8 Å². The van der Waals surface area contributed by atoms with Crippen LogP contribution in [0.15, 0.2) is 12.4 Å². The van der Waals surface area contributed by atoms with Crippen LogP contribution in [0, 0.1) is 6.92 Å². The number of aryl methyl sites for hydroxylation is 1. The predicted molar refractivity (Wildman–Crippen MR) is 74.8 cm³/mol. The first-order chi connectivity index (χ1) is 8.65. The van der Waals surface area contributed by atoms with E-state index in [4.69, 9.17) is 4.79 Å². The van der Waals surface area contributed by atoms with Gasteiger partial charge in [-0.05, 0) is 20.9 Å². The molecule has 0 spiro atoms. The molecule has 2 heterocycles. The third kappa shape index (κ3) is 6.30. The number of hydrogen-bond acceptors (Lipinski definition) is 5. The number of nitrogens with zero attached hydrogens (tertiary/aromatic N) is 3. The highest BCUT2D eigenvalue weighted by Crippen LogP contribution is 2.11. The van der Waals surface area contributed by atoms with Crippen molar-refractivity contribution in [1.82, 2.24) is 14.9 Å². The van der Waals surface area contributed by atoms with Crippen LogP contribution < -0.4 is 5.32 Å². The van der Waals surface area contributed by atoms with Crippen LogP contribution in [0.4, 0.5) is 5.82 Å². The van der Waals surface area contributed by atoms with Crippen molar-refractivity contribution in [3.63, 3.8) is 0 Å². The van der Waals surface area contributed by atoms with E-state index in [0.29, 0.717) is 6.04 Å². The fourth-order valence-electron chi connectivity index (χ4n) is 1.53. The number of rotatable bonds is 2. The normalized spacial score (nSPS) is 14.3. The number of anilines is 1. The molecule has 0 aromatic carbocycles. The second-order valence-electron chi connectivity index (χ2n) is 3.84. The van der Waals surface area contributed by atoms with E-state index in [2.05, 4.69) is 27.2 Å². The van der Waals surface area contributed by atoms with Gasteiger partial charge < -0.3 is 15.0 Å². The second-order valence-corrected chi connectivity index (χ2v) is 3.84. The predicted octanol–water partition coefficient (Wildman–Crippen LogP) is 1.74. The van der Waals surface area contributed by atoms with Crippen molar-refractivity contribution in [3.05, 3.63) is 18.1 Å². The van der Waals surface area contributed by atoms with E-state index < -0.39 is 0 Å². The molecule has 1 saturated heterocycles. The van der Waals surface area contributed by atoms with Gasteiger partial charge in [-0.2, -0.15) is 0 Å². The Morgan fingerprint density at radius 2 is 1.94 bits per heavy atom. The molecule has 5 nitrogen and oxygen atoms in total. The average molecular weight is 252 g/mol. The number of hydrogen-bond donors (Lipinski definition) is 1.